The second kappa shape index (κ2) is 4.31. The van der Waals surface area contributed by atoms with Crippen LogP contribution < -0.4 is 16.6 Å². The Morgan fingerprint density at radius 1 is 1.45 bits per heavy atom. The summed E-state index contributed by atoms with van der Waals surface area (Å²) in [7, 11) is 0. The summed E-state index contributed by atoms with van der Waals surface area (Å²) in [5.41, 5.74) is 2.14. The molecule has 0 radical (unpaired) electrons. The Morgan fingerprint density at radius 3 is 2.36 bits per heavy atom. The van der Waals surface area contributed by atoms with Crippen LogP contribution in [0.1, 0.15) is 27.2 Å². The van der Waals surface area contributed by atoms with E-state index >= 15 is 0 Å². The lowest BCUT2D eigenvalue weighted by atomic mass is 10.1. The molecule has 0 saturated heterocycles. The molecule has 0 fully saturated rings. The predicted octanol–water partition coefficient (Wildman–Crippen LogP) is -0.245. The number of nitrogens with one attached hydrogen (secondary N) is 2. The minimum Gasteiger partial charge on any atom is -0.312 e. The number of hydrazine groups is 1. The van der Waals surface area contributed by atoms with Crippen molar-refractivity contribution < 1.29 is 4.79 Å². The zero-order chi connectivity index (χ0) is 8.91. The highest BCUT2D eigenvalue weighted by Gasteiger charge is 2.08. The van der Waals surface area contributed by atoms with Crippen LogP contribution in [0.25, 0.3) is 0 Å². The van der Waals surface area contributed by atoms with Gasteiger partial charge in [0.2, 0.25) is 5.91 Å². The van der Waals surface area contributed by atoms with E-state index in [0.29, 0.717) is 13.0 Å². The molecule has 0 aliphatic carbocycles. The maximum atomic E-state index is 10.6. The van der Waals surface area contributed by atoms with Gasteiger partial charge in [-0.3, -0.25) is 10.2 Å². The van der Waals surface area contributed by atoms with E-state index in [-0.39, 0.29) is 11.4 Å². The quantitative estimate of drug-likeness (QED) is 0.302. The van der Waals surface area contributed by atoms with Crippen LogP contribution in [-0.4, -0.2) is 18.0 Å². The number of hydrogen-bond acceptors (Lipinski definition) is 3. The maximum absolute atomic E-state index is 10.6. The lowest BCUT2D eigenvalue weighted by molar-refractivity contribution is -0.121. The minimum atomic E-state index is -0.137. The van der Waals surface area contributed by atoms with E-state index in [1.54, 1.807) is 0 Å². The number of hydrogen-bond donors (Lipinski definition) is 3. The highest BCUT2D eigenvalue weighted by molar-refractivity contribution is 5.75. The van der Waals surface area contributed by atoms with E-state index in [2.05, 4.69) is 10.7 Å². The van der Waals surface area contributed by atoms with Crippen molar-refractivity contribution in [2.75, 3.05) is 6.54 Å². The second-order valence-electron chi connectivity index (χ2n) is 3.49. The molecule has 1 amide bonds. The molecule has 0 saturated carbocycles. The molecule has 11 heavy (non-hydrogen) atoms. The summed E-state index contributed by atoms with van der Waals surface area (Å²) in [6.07, 6.45) is 0.424. The highest BCUT2D eigenvalue weighted by Crippen LogP contribution is 1.97. The van der Waals surface area contributed by atoms with Crippen molar-refractivity contribution in [1.29, 1.82) is 0 Å². The molecule has 0 aromatic heterocycles. The standard InChI is InChI=1S/C7H17N3O/c1-7(2,3)9-5-4-6(11)10-8/h9H,4-5,8H2,1-3H3,(H,10,11). The Labute approximate surface area is 67.5 Å². The molecular weight excluding hydrogens is 142 g/mol. The zero-order valence-electron chi connectivity index (χ0n) is 7.40. The normalized spacial score (nSPS) is 11.3. The van der Waals surface area contributed by atoms with Gasteiger partial charge in [0.05, 0.1) is 0 Å². The van der Waals surface area contributed by atoms with Crippen LogP contribution in [0, 0.1) is 0 Å². The van der Waals surface area contributed by atoms with Gasteiger partial charge in [0, 0.05) is 18.5 Å². The summed E-state index contributed by atoms with van der Waals surface area (Å²) >= 11 is 0. The SMILES string of the molecule is CC(C)(C)NCCC(=O)NN. The number of carbonyl (C=O) groups is 1. The first-order valence-corrected chi connectivity index (χ1v) is 3.70. The molecule has 0 aliphatic rings. The number of amides is 1. The lowest BCUT2D eigenvalue weighted by Gasteiger charge is -2.19. The van der Waals surface area contributed by atoms with Gasteiger partial charge in [-0.1, -0.05) is 0 Å². The molecule has 0 aliphatic heterocycles. The number of carbonyl (C=O) groups excluding carboxylic acids is 1. The first kappa shape index (κ1) is 10.4. The van der Waals surface area contributed by atoms with Gasteiger partial charge in [-0.2, -0.15) is 0 Å². The van der Waals surface area contributed by atoms with Crippen LogP contribution in [-0.2, 0) is 4.79 Å². The molecule has 0 rings (SSSR count). The van der Waals surface area contributed by atoms with Crippen molar-refractivity contribution in [2.24, 2.45) is 5.84 Å². The lowest BCUT2D eigenvalue weighted by Crippen LogP contribution is -2.39. The van der Waals surface area contributed by atoms with Gasteiger partial charge in [0.25, 0.3) is 0 Å². The molecule has 0 aromatic carbocycles. The van der Waals surface area contributed by atoms with E-state index in [9.17, 15) is 4.79 Å². The molecule has 66 valence electrons. The van der Waals surface area contributed by atoms with Gasteiger partial charge in [0.1, 0.15) is 0 Å². The molecular formula is C7H17N3O. The average Bonchev–Trinajstić information content (AvgIpc) is 1.85. The summed E-state index contributed by atoms with van der Waals surface area (Å²) in [5, 5.41) is 3.17. The third-order valence-corrected chi connectivity index (χ3v) is 1.17. The Morgan fingerprint density at radius 2 is 2.00 bits per heavy atom. The second-order valence-corrected chi connectivity index (χ2v) is 3.49. The Hall–Kier alpha value is -0.610. The molecule has 0 aromatic rings. The fraction of sp³-hybridized carbons (Fsp3) is 0.857. The first-order chi connectivity index (χ1) is 4.95. The average molecular weight is 159 g/mol. The minimum absolute atomic E-state index is 0.0644. The largest absolute Gasteiger partial charge is 0.312 e. The monoisotopic (exact) mass is 159 g/mol. The number of nitrogens with two attached hydrogens (primary N) is 1. The van der Waals surface area contributed by atoms with Crippen LogP contribution in [0.15, 0.2) is 0 Å². The summed E-state index contributed by atoms with van der Waals surface area (Å²) in [6.45, 7) is 6.81. The van der Waals surface area contributed by atoms with E-state index in [0.717, 1.165) is 0 Å². The first-order valence-electron chi connectivity index (χ1n) is 3.70. The molecule has 4 N–H and O–H groups in total. The van der Waals surface area contributed by atoms with Crippen molar-refractivity contribution in [3.05, 3.63) is 0 Å². The van der Waals surface area contributed by atoms with E-state index in [1.165, 1.54) is 0 Å². The van der Waals surface area contributed by atoms with Crippen LogP contribution in [0.2, 0.25) is 0 Å². The topological polar surface area (TPSA) is 67.2 Å². The third-order valence-electron chi connectivity index (χ3n) is 1.17. The van der Waals surface area contributed by atoms with Crippen LogP contribution in [0.5, 0.6) is 0 Å². The molecule has 0 spiro atoms. The summed E-state index contributed by atoms with van der Waals surface area (Å²) in [4.78, 5) is 10.6. The third kappa shape index (κ3) is 7.29. The van der Waals surface area contributed by atoms with Crippen LogP contribution in [0.3, 0.4) is 0 Å². The van der Waals surface area contributed by atoms with Gasteiger partial charge in [-0.05, 0) is 20.8 Å². The Balaban J connectivity index is 3.35. The van der Waals surface area contributed by atoms with Crippen molar-refractivity contribution in [1.82, 2.24) is 10.7 Å². The van der Waals surface area contributed by atoms with Crippen molar-refractivity contribution in [3.8, 4) is 0 Å². The van der Waals surface area contributed by atoms with Crippen molar-refractivity contribution >= 4 is 5.91 Å². The summed E-state index contributed by atoms with van der Waals surface area (Å²) < 4.78 is 0. The van der Waals surface area contributed by atoms with Gasteiger partial charge < -0.3 is 5.32 Å². The predicted molar refractivity (Wildman–Crippen MR) is 44.7 cm³/mol. The van der Waals surface area contributed by atoms with Gasteiger partial charge >= 0.3 is 0 Å². The molecule has 4 heteroatoms. The van der Waals surface area contributed by atoms with E-state index < -0.39 is 0 Å². The van der Waals surface area contributed by atoms with E-state index in [1.807, 2.05) is 20.8 Å². The van der Waals surface area contributed by atoms with Gasteiger partial charge in [0.15, 0.2) is 0 Å². The Bertz CT molecular complexity index is 128. The fourth-order valence-corrected chi connectivity index (χ4v) is 0.623. The molecule has 0 heterocycles. The summed E-state index contributed by atoms with van der Waals surface area (Å²) in [5.74, 6) is 4.76. The zero-order valence-corrected chi connectivity index (χ0v) is 7.40. The van der Waals surface area contributed by atoms with Crippen molar-refractivity contribution in [2.45, 2.75) is 32.7 Å². The Kier molecular flexibility index (Phi) is 4.07. The molecule has 0 bridgehead atoms. The van der Waals surface area contributed by atoms with Crippen molar-refractivity contribution in [3.63, 3.8) is 0 Å². The molecule has 0 atom stereocenters. The maximum Gasteiger partial charge on any atom is 0.235 e. The van der Waals surface area contributed by atoms with Crippen LogP contribution >= 0.6 is 0 Å². The molecule has 4 nitrogen and oxygen atoms in total. The van der Waals surface area contributed by atoms with Crippen LogP contribution in [0.4, 0.5) is 0 Å². The van der Waals surface area contributed by atoms with Gasteiger partial charge in [-0.25, -0.2) is 5.84 Å². The molecule has 0 unspecified atom stereocenters. The highest BCUT2D eigenvalue weighted by atomic mass is 16.2. The van der Waals surface area contributed by atoms with Gasteiger partial charge in [-0.15, -0.1) is 0 Å². The smallest absolute Gasteiger partial charge is 0.235 e. The number of rotatable bonds is 3. The fourth-order valence-electron chi connectivity index (χ4n) is 0.623. The van der Waals surface area contributed by atoms with E-state index in [4.69, 9.17) is 5.84 Å². The summed E-state index contributed by atoms with van der Waals surface area (Å²) in [6, 6.07) is 0.